The molecule has 0 radical (unpaired) electrons. The van der Waals surface area contributed by atoms with E-state index in [9.17, 15) is 9.18 Å². The second kappa shape index (κ2) is 6.92. The van der Waals surface area contributed by atoms with Crippen molar-refractivity contribution in [2.24, 2.45) is 0 Å². The minimum Gasteiger partial charge on any atom is -0.317 e. The Hall–Kier alpha value is -3.28. The van der Waals surface area contributed by atoms with Crippen LogP contribution in [0.5, 0.6) is 0 Å². The van der Waals surface area contributed by atoms with E-state index in [2.05, 4.69) is 9.97 Å². The molecule has 0 aliphatic heterocycles. The number of fused-ring (bicyclic) bond motifs is 1. The second-order valence-corrected chi connectivity index (χ2v) is 6.07. The molecule has 0 bridgehead atoms. The summed E-state index contributed by atoms with van der Waals surface area (Å²) in [4.78, 5) is 21.0. The maximum atomic E-state index is 13.7. The number of hydrogen-bond acceptors (Lipinski definition) is 3. The zero-order valence-corrected chi connectivity index (χ0v) is 14.0. The van der Waals surface area contributed by atoms with E-state index >= 15 is 0 Å². The molecule has 4 aromatic rings. The van der Waals surface area contributed by atoms with Gasteiger partial charge in [0.2, 0.25) is 5.78 Å². The van der Waals surface area contributed by atoms with Crippen LogP contribution in [0.25, 0.3) is 17.0 Å². The molecule has 0 N–H and O–H groups in total. The van der Waals surface area contributed by atoms with Crippen molar-refractivity contribution in [3.05, 3.63) is 89.0 Å². The van der Waals surface area contributed by atoms with E-state index in [0.29, 0.717) is 30.0 Å². The fourth-order valence-electron chi connectivity index (χ4n) is 3.02. The zero-order chi connectivity index (χ0) is 17.9. The molecular formula is C20H17FN4O. The van der Waals surface area contributed by atoms with Gasteiger partial charge in [-0.2, -0.15) is 0 Å². The van der Waals surface area contributed by atoms with E-state index in [1.165, 1.54) is 16.5 Å². The summed E-state index contributed by atoms with van der Waals surface area (Å²) in [5.41, 5.74) is 2.03. The van der Waals surface area contributed by atoms with Crippen LogP contribution in [-0.2, 0) is 13.0 Å². The van der Waals surface area contributed by atoms with E-state index in [4.69, 9.17) is 0 Å². The topological polar surface area (TPSA) is 52.2 Å². The molecule has 0 aliphatic rings. The minimum atomic E-state index is -0.181. The lowest BCUT2D eigenvalue weighted by molar-refractivity contribution is 0.589. The minimum absolute atomic E-state index is 0.130. The number of nitrogens with zero attached hydrogens (tertiary/aromatic N) is 4. The molecule has 3 aromatic heterocycles. The molecule has 0 fully saturated rings. The molecule has 0 unspecified atom stereocenters. The number of benzene rings is 1. The summed E-state index contributed by atoms with van der Waals surface area (Å²) < 4.78 is 17.2. The highest BCUT2D eigenvalue weighted by Crippen LogP contribution is 2.16. The Morgan fingerprint density at radius 2 is 1.85 bits per heavy atom. The van der Waals surface area contributed by atoms with Crippen LogP contribution in [0.1, 0.15) is 12.0 Å². The second-order valence-electron chi connectivity index (χ2n) is 6.07. The summed E-state index contributed by atoms with van der Waals surface area (Å²) >= 11 is 0. The predicted octanol–water partition coefficient (Wildman–Crippen LogP) is 3.33. The van der Waals surface area contributed by atoms with Gasteiger partial charge >= 0.3 is 0 Å². The van der Waals surface area contributed by atoms with E-state index in [0.717, 1.165) is 12.0 Å². The van der Waals surface area contributed by atoms with Gasteiger partial charge in [-0.05, 0) is 36.6 Å². The van der Waals surface area contributed by atoms with Crippen molar-refractivity contribution in [2.45, 2.75) is 19.4 Å². The first-order valence-electron chi connectivity index (χ1n) is 8.45. The Balaban J connectivity index is 1.61. The number of aromatic nitrogens is 4. The lowest BCUT2D eigenvalue weighted by Gasteiger charge is -2.07. The van der Waals surface area contributed by atoms with Crippen LogP contribution in [0.4, 0.5) is 4.39 Å². The standard InChI is InChI=1S/C20H17FN4O/c21-17-6-2-1-4-15(17)5-3-11-24-12-13-25-19(26)14-18(23-20(24)25)16-7-9-22-10-8-16/h1-2,4,6-10,12-14H,3,5,11H2. The number of rotatable bonds is 5. The predicted molar refractivity (Wildman–Crippen MR) is 97.4 cm³/mol. The van der Waals surface area contributed by atoms with Gasteiger partial charge in [0.25, 0.3) is 5.56 Å². The molecule has 0 saturated heterocycles. The van der Waals surface area contributed by atoms with Crippen LogP contribution in [0.15, 0.2) is 72.0 Å². The van der Waals surface area contributed by atoms with Gasteiger partial charge in [0.1, 0.15) is 5.82 Å². The third-order valence-electron chi connectivity index (χ3n) is 4.37. The number of pyridine rings is 1. The van der Waals surface area contributed by atoms with Crippen molar-refractivity contribution in [3.63, 3.8) is 0 Å². The molecule has 6 heteroatoms. The average molecular weight is 348 g/mol. The van der Waals surface area contributed by atoms with Gasteiger partial charge in [0.15, 0.2) is 0 Å². The fourth-order valence-corrected chi connectivity index (χ4v) is 3.02. The van der Waals surface area contributed by atoms with Gasteiger partial charge in [0.05, 0.1) is 5.69 Å². The molecule has 0 amide bonds. The molecule has 0 aliphatic carbocycles. The quantitative estimate of drug-likeness (QED) is 0.556. The molecule has 130 valence electrons. The van der Waals surface area contributed by atoms with Gasteiger partial charge in [-0.15, -0.1) is 0 Å². The lowest BCUT2D eigenvalue weighted by atomic mass is 10.1. The molecule has 5 nitrogen and oxygen atoms in total. The maximum Gasteiger partial charge on any atom is 0.259 e. The van der Waals surface area contributed by atoms with Crippen molar-refractivity contribution in [1.82, 2.24) is 18.9 Å². The smallest absolute Gasteiger partial charge is 0.259 e. The fraction of sp³-hybridized carbons (Fsp3) is 0.150. The first-order valence-corrected chi connectivity index (χ1v) is 8.45. The van der Waals surface area contributed by atoms with E-state index in [-0.39, 0.29) is 11.4 Å². The molecule has 3 heterocycles. The third-order valence-corrected chi connectivity index (χ3v) is 4.37. The molecule has 0 saturated carbocycles. The van der Waals surface area contributed by atoms with Crippen LogP contribution in [0, 0.1) is 5.82 Å². The van der Waals surface area contributed by atoms with Gasteiger partial charge in [-0.25, -0.2) is 9.37 Å². The Bertz CT molecular complexity index is 1100. The molecule has 1 aromatic carbocycles. The Kier molecular flexibility index (Phi) is 4.31. The number of hydrogen-bond donors (Lipinski definition) is 0. The third kappa shape index (κ3) is 3.13. The van der Waals surface area contributed by atoms with E-state index in [1.807, 2.05) is 29.0 Å². The summed E-state index contributed by atoms with van der Waals surface area (Å²) in [7, 11) is 0. The summed E-state index contributed by atoms with van der Waals surface area (Å²) in [6, 6.07) is 12.0. The first-order chi connectivity index (χ1) is 12.7. The van der Waals surface area contributed by atoms with Crippen LogP contribution >= 0.6 is 0 Å². The highest BCUT2D eigenvalue weighted by atomic mass is 19.1. The average Bonchev–Trinajstić information content (AvgIpc) is 3.08. The van der Waals surface area contributed by atoms with Crippen molar-refractivity contribution in [2.75, 3.05) is 0 Å². The highest BCUT2D eigenvalue weighted by Gasteiger charge is 2.09. The summed E-state index contributed by atoms with van der Waals surface area (Å²) in [5, 5.41) is 0. The highest BCUT2D eigenvalue weighted by molar-refractivity contribution is 5.59. The Morgan fingerprint density at radius 1 is 1.04 bits per heavy atom. The normalized spacial score (nSPS) is 11.1. The molecule has 26 heavy (non-hydrogen) atoms. The van der Waals surface area contributed by atoms with Crippen LogP contribution < -0.4 is 5.56 Å². The van der Waals surface area contributed by atoms with Crippen LogP contribution in [0.2, 0.25) is 0 Å². The van der Waals surface area contributed by atoms with Crippen molar-refractivity contribution in [1.29, 1.82) is 0 Å². The van der Waals surface area contributed by atoms with Crippen LogP contribution in [0.3, 0.4) is 0 Å². The maximum absolute atomic E-state index is 13.7. The molecule has 0 spiro atoms. The van der Waals surface area contributed by atoms with Crippen molar-refractivity contribution in [3.8, 4) is 11.3 Å². The lowest BCUT2D eigenvalue weighted by Crippen LogP contribution is -2.14. The van der Waals surface area contributed by atoms with E-state index < -0.39 is 0 Å². The SMILES string of the molecule is O=c1cc(-c2ccncc2)nc2n(CCCc3ccccc3F)ccn12. The number of aryl methyl sites for hydroxylation is 2. The summed E-state index contributed by atoms with van der Waals surface area (Å²) in [6.45, 7) is 0.650. The van der Waals surface area contributed by atoms with Gasteiger partial charge in [-0.3, -0.25) is 14.2 Å². The zero-order valence-electron chi connectivity index (χ0n) is 14.0. The van der Waals surface area contributed by atoms with Crippen LogP contribution in [-0.4, -0.2) is 18.9 Å². The number of halogens is 1. The Labute approximate surface area is 149 Å². The van der Waals surface area contributed by atoms with Crippen molar-refractivity contribution >= 4 is 5.78 Å². The first kappa shape index (κ1) is 16.2. The number of imidazole rings is 1. The van der Waals surface area contributed by atoms with E-state index in [1.54, 1.807) is 30.7 Å². The summed E-state index contributed by atoms with van der Waals surface area (Å²) in [5.74, 6) is 0.400. The van der Waals surface area contributed by atoms with Crippen molar-refractivity contribution < 1.29 is 4.39 Å². The largest absolute Gasteiger partial charge is 0.317 e. The van der Waals surface area contributed by atoms with Gasteiger partial charge in [0, 0.05) is 43.0 Å². The Morgan fingerprint density at radius 3 is 2.65 bits per heavy atom. The molecule has 0 atom stereocenters. The van der Waals surface area contributed by atoms with Gasteiger partial charge < -0.3 is 4.57 Å². The van der Waals surface area contributed by atoms with Gasteiger partial charge in [-0.1, -0.05) is 18.2 Å². The summed E-state index contributed by atoms with van der Waals surface area (Å²) in [6.07, 6.45) is 8.27. The molecule has 4 rings (SSSR count). The monoisotopic (exact) mass is 348 g/mol. The molecular weight excluding hydrogens is 331 g/mol.